The molecule has 0 amide bonds. The first-order valence-corrected chi connectivity index (χ1v) is 6.62. The second kappa shape index (κ2) is 5.11. The third-order valence-electron chi connectivity index (χ3n) is 3.19. The molecule has 7 nitrogen and oxygen atoms in total. The number of halogens is 1. The summed E-state index contributed by atoms with van der Waals surface area (Å²) >= 11 is 5.88. The summed E-state index contributed by atoms with van der Waals surface area (Å²) < 4.78 is 15.0. The lowest BCUT2D eigenvalue weighted by atomic mass is 9.95. The average molecular weight is 325 g/mol. The van der Waals surface area contributed by atoms with Crippen LogP contribution in [0.4, 0.5) is 0 Å². The fourth-order valence-corrected chi connectivity index (χ4v) is 2.37. The molecular weight excluding hydrogens is 316 g/mol. The average Bonchev–Trinajstić information content (AvgIpc) is 2.43. The van der Waals surface area contributed by atoms with Gasteiger partial charge in [0.05, 0.1) is 18.4 Å². The van der Waals surface area contributed by atoms with E-state index in [0.717, 1.165) is 0 Å². The first-order chi connectivity index (χ1) is 10.4. The zero-order valence-electron chi connectivity index (χ0n) is 11.0. The number of rotatable bonds is 0. The molecule has 3 heterocycles. The second-order valence-electron chi connectivity index (χ2n) is 4.82. The van der Waals surface area contributed by atoms with Crippen LogP contribution in [-0.2, 0) is 23.9 Å². The van der Waals surface area contributed by atoms with Crippen molar-refractivity contribution in [2.24, 2.45) is 0 Å². The third-order valence-corrected chi connectivity index (χ3v) is 3.43. The maximum Gasteiger partial charge on any atom is 0.345 e. The molecule has 0 radical (unpaired) electrons. The number of hydrogen-bond donors (Lipinski definition) is 1. The standard InChI is InChI=1S/C14H9ClO7/c15-12-11-7-3-1-2-4-8(7)20-9(16)5-14(19,13(18)22-12)6-10(17)21-11/h1-4,19H,5-6H2/b12-11-. The summed E-state index contributed by atoms with van der Waals surface area (Å²) in [6, 6.07) is 6.13. The zero-order valence-corrected chi connectivity index (χ0v) is 11.8. The minimum Gasteiger partial charge on any atom is -0.426 e. The van der Waals surface area contributed by atoms with Crippen molar-refractivity contribution in [2.75, 3.05) is 0 Å². The Hall–Kier alpha value is -2.38. The van der Waals surface area contributed by atoms with Crippen molar-refractivity contribution in [1.29, 1.82) is 0 Å². The van der Waals surface area contributed by atoms with Gasteiger partial charge in [-0.3, -0.25) is 9.59 Å². The van der Waals surface area contributed by atoms with Gasteiger partial charge in [-0.2, -0.15) is 0 Å². The molecule has 8 heteroatoms. The summed E-state index contributed by atoms with van der Waals surface area (Å²) in [4.78, 5) is 35.8. The van der Waals surface area contributed by atoms with E-state index >= 15 is 0 Å². The Morgan fingerprint density at radius 2 is 1.64 bits per heavy atom. The molecule has 22 heavy (non-hydrogen) atoms. The minimum atomic E-state index is -2.40. The predicted octanol–water partition coefficient (Wildman–Crippen LogP) is 1.08. The second-order valence-corrected chi connectivity index (χ2v) is 5.17. The van der Waals surface area contributed by atoms with Crippen molar-refractivity contribution in [1.82, 2.24) is 0 Å². The Labute approximate surface area is 129 Å². The maximum absolute atomic E-state index is 12.0. The van der Waals surface area contributed by atoms with E-state index in [0.29, 0.717) is 0 Å². The minimum absolute atomic E-state index is 0.0654. The van der Waals surface area contributed by atoms with Gasteiger partial charge in [-0.25, -0.2) is 4.79 Å². The molecule has 4 rings (SSSR count). The number of esters is 3. The summed E-state index contributed by atoms with van der Waals surface area (Å²) in [7, 11) is 0. The summed E-state index contributed by atoms with van der Waals surface area (Å²) in [5.74, 6) is -3.22. The van der Waals surface area contributed by atoms with E-state index in [1.54, 1.807) is 12.1 Å². The molecule has 0 fully saturated rings. The van der Waals surface area contributed by atoms with Crippen molar-refractivity contribution in [3.8, 4) is 5.75 Å². The van der Waals surface area contributed by atoms with Gasteiger partial charge in [0.15, 0.2) is 11.4 Å². The van der Waals surface area contributed by atoms with Crippen LogP contribution in [0.3, 0.4) is 0 Å². The Balaban J connectivity index is 2.26. The Morgan fingerprint density at radius 1 is 1.00 bits per heavy atom. The molecule has 1 aromatic carbocycles. The lowest BCUT2D eigenvalue weighted by Crippen LogP contribution is -2.46. The van der Waals surface area contributed by atoms with Gasteiger partial charge in [-0.05, 0) is 23.7 Å². The first kappa shape index (κ1) is 14.6. The van der Waals surface area contributed by atoms with Crippen LogP contribution in [0.5, 0.6) is 5.75 Å². The topological polar surface area (TPSA) is 99.1 Å². The largest absolute Gasteiger partial charge is 0.426 e. The van der Waals surface area contributed by atoms with Crippen molar-refractivity contribution < 1.29 is 33.7 Å². The molecule has 0 aliphatic carbocycles. The smallest absolute Gasteiger partial charge is 0.345 e. The van der Waals surface area contributed by atoms with Gasteiger partial charge in [0.2, 0.25) is 5.22 Å². The summed E-state index contributed by atoms with van der Waals surface area (Å²) in [5.41, 5.74) is -2.22. The molecule has 3 aliphatic rings. The van der Waals surface area contributed by atoms with Crippen LogP contribution < -0.4 is 4.74 Å². The van der Waals surface area contributed by atoms with Gasteiger partial charge >= 0.3 is 17.9 Å². The lowest BCUT2D eigenvalue weighted by molar-refractivity contribution is -0.172. The predicted molar refractivity (Wildman–Crippen MR) is 71.2 cm³/mol. The molecule has 1 N–H and O–H groups in total. The highest BCUT2D eigenvalue weighted by Crippen LogP contribution is 2.37. The molecule has 0 aromatic heterocycles. The fraction of sp³-hybridized carbons (Fsp3) is 0.214. The van der Waals surface area contributed by atoms with E-state index in [4.69, 9.17) is 25.8 Å². The molecule has 3 aliphatic heterocycles. The number of carbonyl (C=O) groups is 3. The zero-order chi connectivity index (χ0) is 15.9. The number of aliphatic hydroxyl groups is 1. The van der Waals surface area contributed by atoms with E-state index in [-0.39, 0.29) is 17.1 Å². The van der Waals surface area contributed by atoms with Crippen LogP contribution in [0, 0.1) is 0 Å². The van der Waals surface area contributed by atoms with Crippen LogP contribution in [-0.4, -0.2) is 28.6 Å². The quantitative estimate of drug-likeness (QED) is 0.563. The van der Waals surface area contributed by atoms with Crippen LogP contribution in [0.25, 0.3) is 5.76 Å². The number of fused-ring (bicyclic) bond motifs is 6. The van der Waals surface area contributed by atoms with E-state index in [1.807, 2.05) is 0 Å². The van der Waals surface area contributed by atoms with E-state index in [2.05, 4.69) is 0 Å². The number of para-hydroxylation sites is 1. The van der Waals surface area contributed by atoms with Gasteiger partial charge in [0, 0.05) is 0 Å². The first-order valence-electron chi connectivity index (χ1n) is 6.24. The van der Waals surface area contributed by atoms with Crippen LogP contribution in [0.15, 0.2) is 29.5 Å². The normalized spacial score (nSPS) is 28.2. The molecule has 114 valence electrons. The number of hydrogen-bond acceptors (Lipinski definition) is 7. The van der Waals surface area contributed by atoms with Gasteiger partial charge in [0.25, 0.3) is 0 Å². The van der Waals surface area contributed by atoms with Crippen molar-refractivity contribution >= 4 is 35.3 Å². The summed E-state index contributed by atoms with van der Waals surface area (Å²) in [5, 5.41) is 9.71. The highest BCUT2D eigenvalue weighted by atomic mass is 35.5. The Kier molecular flexibility index (Phi) is 3.38. The maximum atomic E-state index is 12.0. The monoisotopic (exact) mass is 324 g/mol. The van der Waals surface area contributed by atoms with Crippen LogP contribution in [0.2, 0.25) is 0 Å². The lowest BCUT2D eigenvalue weighted by Gasteiger charge is -2.28. The van der Waals surface area contributed by atoms with Gasteiger partial charge in [-0.1, -0.05) is 12.1 Å². The summed E-state index contributed by atoms with van der Waals surface area (Å²) in [6.07, 6.45) is -1.52. The van der Waals surface area contributed by atoms with Crippen molar-refractivity contribution in [3.63, 3.8) is 0 Å². The molecule has 0 saturated carbocycles. The fourth-order valence-electron chi connectivity index (χ4n) is 2.16. The molecule has 1 unspecified atom stereocenters. The number of benzene rings is 1. The Bertz CT molecular complexity index is 724. The van der Waals surface area contributed by atoms with Crippen LogP contribution >= 0.6 is 11.6 Å². The SMILES string of the molecule is O=C1CC2(O)CC(=O)Oc3ccccc3/C(=C(\Cl)OC2=O)O1. The Morgan fingerprint density at radius 3 is 2.36 bits per heavy atom. The number of ether oxygens (including phenoxy) is 3. The molecule has 0 saturated heterocycles. The third kappa shape index (κ3) is 2.44. The molecular formula is C14H9ClO7. The molecule has 0 spiro atoms. The van der Waals surface area contributed by atoms with Gasteiger partial charge in [-0.15, -0.1) is 0 Å². The highest BCUT2D eigenvalue weighted by Gasteiger charge is 2.47. The number of carbonyl (C=O) groups excluding carboxylic acids is 3. The van der Waals surface area contributed by atoms with Gasteiger partial charge in [0.1, 0.15) is 5.75 Å². The molecule has 2 bridgehead atoms. The van der Waals surface area contributed by atoms with E-state index in [9.17, 15) is 19.5 Å². The van der Waals surface area contributed by atoms with Crippen molar-refractivity contribution in [2.45, 2.75) is 18.4 Å². The molecule has 1 atom stereocenters. The van der Waals surface area contributed by atoms with Gasteiger partial charge < -0.3 is 19.3 Å². The van der Waals surface area contributed by atoms with Crippen molar-refractivity contribution in [3.05, 3.63) is 35.0 Å². The summed E-state index contributed by atoms with van der Waals surface area (Å²) in [6.45, 7) is 0. The van der Waals surface area contributed by atoms with E-state index in [1.165, 1.54) is 12.1 Å². The molecule has 1 aromatic rings. The van der Waals surface area contributed by atoms with Crippen LogP contribution in [0.1, 0.15) is 18.4 Å². The van der Waals surface area contributed by atoms with E-state index < -0.39 is 41.6 Å². The highest BCUT2D eigenvalue weighted by molar-refractivity contribution is 6.32.